The number of rotatable bonds is 6. The van der Waals surface area contributed by atoms with Gasteiger partial charge in [-0.2, -0.15) is 0 Å². The normalized spacial score (nSPS) is 11.4. The van der Waals surface area contributed by atoms with Gasteiger partial charge in [0.1, 0.15) is 5.82 Å². The molecule has 5 nitrogen and oxygen atoms in total. The van der Waals surface area contributed by atoms with E-state index in [0.29, 0.717) is 6.42 Å². The van der Waals surface area contributed by atoms with Crippen LogP contribution in [0.4, 0.5) is 4.39 Å². The predicted molar refractivity (Wildman–Crippen MR) is 75.3 cm³/mol. The second kappa shape index (κ2) is 7.14. The molecule has 0 amide bonds. The molecule has 2 N–H and O–H groups in total. The van der Waals surface area contributed by atoms with E-state index in [4.69, 9.17) is 9.88 Å². The van der Waals surface area contributed by atoms with Crippen molar-refractivity contribution >= 4 is 31.9 Å². The summed E-state index contributed by atoms with van der Waals surface area (Å²) < 4.78 is 40.9. The van der Waals surface area contributed by atoms with Crippen molar-refractivity contribution in [3.05, 3.63) is 28.0 Å². The molecule has 0 aliphatic rings. The summed E-state index contributed by atoms with van der Waals surface area (Å²) in [6.45, 7) is 2.20. The smallest absolute Gasteiger partial charge is 0.339 e. The maximum atomic E-state index is 13.4. The molecule has 0 saturated carbocycles. The summed E-state index contributed by atoms with van der Waals surface area (Å²) in [7, 11) is -4.14. The zero-order valence-electron chi connectivity index (χ0n) is 10.9. The predicted octanol–water partition coefficient (Wildman–Crippen LogP) is 2.58. The molecule has 20 heavy (non-hydrogen) atoms. The van der Waals surface area contributed by atoms with Gasteiger partial charge in [-0.05, 0) is 34.5 Å². The van der Waals surface area contributed by atoms with E-state index in [2.05, 4.69) is 15.9 Å². The number of unbranched alkanes of at least 4 members (excludes halogenated alkanes) is 2. The number of esters is 1. The van der Waals surface area contributed by atoms with Crippen molar-refractivity contribution in [1.29, 1.82) is 0 Å². The molecule has 0 saturated heterocycles. The number of ether oxygens (including phenoxy) is 1. The molecule has 0 heterocycles. The summed E-state index contributed by atoms with van der Waals surface area (Å²) in [5, 5.41) is 4.96. The largest absolute Gasteiger partial charge is 0.462 e. The molecule has 0 bridgehead atoms. The van der Waals surface area contributed by atoms with Crippen LogP contribution in [0.3, 0.4) is 0 Å². The molecule has 8 heteroatoms. The van der Waals surface area contributed by atoms with E-state index in [1.807, 2.05) is 6.92 Å². The van der Waals surface area contributed by atoms with E-state index in [9.17, 15) is 17.6 Å². The van der Waals surface area contributed by atoms with Crippen molar-refractivity contribution in [1.82, 2.24) is 0 Å². The monoisotopic (exact) mass is 367 g/mol. The van der Waals surface area contributed by atoms with Crippen LogP contribution >= 0.6 is 15.9 Å². The first kappa shape index (κ1) is 17.1. The number of benzene rings is 1. The van der Waals surface area contributed by atoms with Crippen LogP contribution in [0.2, 0.25) is 0 Å². The first-order chi connectivity index (χ1) is 9.27. The van der Waals surface area contributed by atoms with E-state index in [1.165, 1.54) is 0 Å². The Morgan fingerprint density at radius 2 is 2.05 bits per heavy atom. The van der Waals surface area contributed by atoms with Crippen LogP contribution in [0.15, 0.2) is 21.5 Å². The molecule has 0 aliphatic carbocycles. The average molecular weight is 368 g/mol. The van der Waals surface area contributed by atoms with Gasteiger partial charge in [0.15, 0.2) is 0 Å². The number of sulfonamides is 1. The lowest BCUT2D eigenvalue weighted by Gasteiger charge is -2.09. The fourth-order valence-electron chi connectivity index (χ4n) is 1.51. The third kappa shape index (κ3) is 4.53. The fraction of sp³-hybridized carbons (Fsp3) is 0.417. The first-order valence-electron chi connectivity index (χ1n) is 5.96. The van der Waals surface area contributed by atoms with E-state index >= 15 is 0 Å². The Labute approximate surface area is 125 Å². The van der Waals surface area contributed by atoms with Crippen molar-refractivity contribution in [3.8, 4) is 0 Å². The molecule has 112 valence electrons. The Balaban J connectivity index is 3.01. The standard InChI is InChI=1S/C12H15BrFNO4S/c1-2-3-4-5-19-12(16)9-6-8(14)7-10(11(9)13)20(15,17)18/h6-7H,2-5H2,1H3,(H2,15,17,18). The van der Waals surface area contributed by atoms with Crippen molar-refractivity contribution in [2.45, 2.75) is 31.1 Å². The fourth-order valence-corrected chi connectivity index (χ4v) is 3.22. The van der Waals surface area contributed by atoms with E-state index in [0.717, 1.165) is 25.0 Å². The molecule has 0 atom stereocenters. The van der Waals surface area contributed by atoms with Crippen LogP contribution in [-0.4, -0.2) is 21.0 Å². The van der Waals surface area contributed by atoms with Gasteiger partial charge in [-0.3, -0.25) is 0 Å². The molecule has 0 unspecified atom stereocenters. The van der Waals surface area contributed by atoms with Gasteiger partial charge in [-0.1, -0.05) is 19.8 Å². The summed E-state index contributed by atoms with van der Waals surface area (Å²) in [5.41, 5.74) is -0.203. The number of nitrogens with two attached hydrogens (primary N) is 1. The highest BCUT2D eigenvalue weighted by atomic mass is 79.9. The lowest BCUT2D eigenvalue weighted by Crippen LogP contribution is -2.16. The van der Waals surface area contributed by atoms with Gasteiger partial charge in [-0.15, -0.1) is 0 Å². The second-order valence-electron chi connectivity index (χ2n) is 4.15. The van der Waals surface area contributed by atoms with Crippen LogP contribution < -0.4 is 5.14 Å². The Morgan fingerprint density at radius 3 is 2.60 bits per heavy atom. The summed E-state index contributed by atoms with van der Waals surface area (Å²) >= 11 is 2.95. The number of primary sulfonamides is 1. The van der Waals surface area contributed by atoms with Crippen molar-refractivity contribution in [2.24, 2.45) is 5.14 Å². The quantitative estimate of drug-likeness (QED) is 0.618. The topological polar surface area (TPSA) is 86.5 Å². The molecule has 1 aromatic carbocycles. The number of carbonyl (C=O) groups is 1. The van der Waals surface area contributed by atoms with Gasteiger partial charge < -0.3 is 4.74 Å². The van der Waals surface area contributed by atoms with Crippen molar-refractivity contribution in [3.63, 3.8) is 0 Å². The molecule has 1 rings (SSSR count). The molecule has 1 aromatic rings. The maximum Gasteiger partial charge on any atom is 0.339 e. The third-order valence-electron chi connectivity index (χ3n) is 2.51. The minimum Gasteiger partial charge on any atom is -0.462 e. The highest BCUT2D eigenvalue weighted by molar-refractivity contribution is 9.10. The summed E-state index contributed by atoms with van der Waals surface area (Å²) in [5.74, 6) is -1.67. The SMILES string of the molecule is CCCCCOC(=O)c1cc(F)cc(S(N)(=O)=O)c1Br. The molecule has 0 aromatic heterocycles. The van der Waals surface area contributed by atoms with Crippen LogP contribution in [0.25, 0.3) is 0 Å². The lowest BCUT2D eigenvalue weighted by atomic mass is 10.2. The van der Waals surface area contributed by atoms with E-state index in [1.54, 1.807) is 0 Å². The second-order valence-corrected chi connectivity index (χ2v) is 6.48. The first-order valence-corrected chi connectivity index (χ1v) is 8.30. The van der Waals surface area contributed by atoms with Crippen LogP contribution in [0.5, 0.6) is 0 Å². The third-order valence-corrected chi connectivity index (χ3v) is 4.56. The molecule has 0 radical (unpaired) electrons. The van der Waals surface area contributed by atoms with Gasteiger partial charge in [0.2, 0.25) is 10.0 Å². The van der Waals surface area contributed by atoms with Gasteiger partial charge in [0.25, 0.3) is 0 Å². The summed E-state index contributed by atoms with van der Waals surface area (Å²) in [4.78, 5) is 11.3. The minimum atomic E-state index is -4.14. The number of hydrogen-bond acceptors (Lipinski definition) is 4. The number of halogens is 2. The van der Waals surface area contributed by atoms with Gasteiger partial charge in [0.05, 0.1) is 21.5 Å². The number of carbonyl (C=O) groups excluding carboxylic acids is 1. The van der Waals surface area contributed by atoms with Gasteiger partial charge >= 0.3 is 5.97 Å². The van der Waals surface area contributed by atoms with E-state index in [-0.39, 0.29) is 16.6 Å². The van der Waals surface area contributed by atoms with Gasteiger partial charge in [0, 0.05) is 0 Å². The molecular weight excluding hydrogens is 353 g/mol. The zero-order chi connectivity index (χ0) is 15.3. The van der Waals surface area contributed by atoms with Crippen LogP contribution in [0.1, 0.15) is 36.5 Å². The summed E-state index contributed by atoms with van der Waals surface area (Å²) in [6.07, 6.45) is 2.56. The minimum absolute atomic E-state index is 0.0955. The highest BCUT2D eigenvalue weighted by Gasteiger charge is 2.22. The molecular formula is C12H15BrFNO4S. The molecule has 0 fully saturated rings. The van der Waals surface area contributed by atoms with Crippen LogP contribution in [0, 0.1) is 5.82 Å². The highest BCUT2D eigenvalue weighted by Crippen LogP contribution is 2.27. The van der Waals surface area contributed by atoms with Crippen LogP contribution in [-0.2, 0) is 14.8 Å². The Kier molecular flexibility index (Phi) is 6.09. The maximum absolute atomic E-state index is 13.4. The molecule has 0 aliphatic heterocycles. The lowest BCUT2D eigenvalue weighted by molar-refractivity contribution is 0.0496. The molecule has 0 spiro atoms. The Hall–Kier alpha value is -0.990. The van der Waals surface area contributed by atoms with Gasteiger partial charge in [-0.25, -0.2) is 22.7 Å². The van der Waals surface area contributed by atoms with Crippen molar-refractivity contribution in [2.75, 3.05) is 6.61 Å². The van der Waals surface area contributed by atoms with E-state index < -0.39 is 26.7 Å². The van der Waals surface area contributed by atoms with Crippen molar-refractivity contribution < 1.29 is 22.3 Å². The average Bonchev–Trinajstić information content (AvgIpc) is 2.35. The number of hydrogen-bond donors (Lipinski definition) is 1. The zero-order valence-corrected chi connectivity index (χ0v) is 13.3. The summed E-state index contributed by atoms with van der Waals surface area (Å²) in [6, 6.07) is 1.65. The Bertz CT molecular complexity index is 604. The Morgan fingerprint density at radius 1 is 1.40 bits per heavy atom.